The van der Waals surface area contributed by atoms with Crippen molar-refractivity contribution in [3.8, 4) is 5.75 Å². The number of hydrogen-bond donors (Lipinski definition) is 2. The molecular weight excluding hydrogens is 376 g/mol. The van der Waals surface area contributed by atoms with Crippen LogP contribution in [0.4, 0.5) is 5.69 Å². The number of nitrogens with one attached hydrogen (secondary N) is 1. The van der Waals surface area contributed by atoms with Crippen molar-refractivity contribution in [3.05, 3.63) is 53.6 Å². The zero-order chi connectivity index (χ0) is 20.9. The van der Waals surface area contributed by atoms with Gasteiger partial charge in [-0.25, -0.2) is 0 Å². The number of anilines is 1. The molecule has 3 nitrogen and oxygen atoms in total. The number of hydrogen-bond acceptors (Lipinski definition) is 4. The summed E-state index contributed by atoms with van der Waals surface area (Å²) in [7, 11) is 4.20. The second-order valence-corrected chi connectivity index (χ2v) is 9.58. The molecule has 2 aromatic rings. The average molecular weight is 413 g/mol. The summed E-state index contributed by atoms with van der Waals surface area (Å²) in [5, 5.41) is 14.0. The van der Waals surface area contributed by atoms with Gasteiger partial charge in [-0.3, -0.25) is 5.32 Å². The molecule has 29 heavy (non-hydrogen) atoms. The van der Waals surface area contributed by atoms with Gasteiger partial charge in [0.05, 0.1) is 6.04 Å². The molecule has 1 heterocycles. The van der Waals surface area contributed by atoms with E-state index in [2.05, 4.69) is 68.5 Å². The molecule has 0 radical (unpaired) electrons. The van der Waals surface area contributed by atoms with E-state index in [9.17, 15) is 5.11 Å². The minimum atomic E-state index is 0.134. The number of aromatic hydroxyl groups is 1. The molecule has 2 N–H and O–H groups in total. The van der Waals surface area contributed by atoms with E-state index in [1.807, 2.05) is 23.9 Å². The van der Waals surface area contributed by atoms with Crippen molar-refractivity contribution >= 4 is 17.4 Å². The van der Waals surface area contributed by atoms with E-state index in [1.165, 1.54) is 60.2 Å². The van der Waals surface area contributed by atoms with Crippen LogP contribution in [0.5, 0.6) is 5.75 Å². The summed E-state index contributed by atoms with van der Waals surface area (Å²) >= 11 is 2.01. The fourth-order valence-corrected chi connectivity index (χ4v) is 5.50. The maximum absolute atomic E-state index is 9.83. The molecule has 1 atom stereocenters. The molecule has 4 heteroatoms. The highest BCUT2D eigenvalue weighted by Gasteiger charge is 2.36. The van der Waals surface area contributed by atoms with Crippen molar-refractivity contribution < 1.29 is 5.11 Å². The first-order valence-electron chi connectivity index (χ1n) is 11.0. The Labute approximate surface area is 180 Å². The maximum atomic E-state index is 9.83. The molecular formula is C25H36N2OS. The van der Waals surface area contributed by atoms with Gasteiger partial charge in [-0.05, 0) is 54.3 Å². The SMILES string of the molecule is CCCCC1(CCCC)CSc2ccc(N(C)C)cc2C(c2ccc(O)cc2)N1. The highest BCUT2D eigenvalue weighted by molar-refractivity contribution is 7.99. The third kappa shape index (κ3) is 5.29. The summed E-state index contributed by atoms with van der Waals surface area (Å²) in [4.78, 5) is 3.54. The average Bonchev–Trinajstić information content (AvgIpc) is 2.89. The molecule has 0 amide bonds. The van der Waals surface area contributed by atoms with Crippen molar-refractivity contribution in [2.24, 2.45) is 0 Å². The Kier molecular flexibility index (Phi) is 7.53. The highest BCUT2D eigenvalue weighted by atomic mass is 32.2. The van der Waals surface area contributed by atoms with Crippen LogP contribution in [-0.2, 0) is 0 Å². The fraction of sp³-hybridized carbons (Fsp3) is 0.520. The fourth-order valence-electron chi connectivity index (χ4n) is 4.19. The molecule has 158 valence electrons. The molecule has 1 unspecified atom stereocenters. The monoisotopic (exact) mass is 412 g/mol. The Balaban J connectivity index is 2.07. The molecule has 2 aromatic carbocycles. The van der Waals surface area contributed by atoms with Gasteiger partial charge in [-0.2, -0.15) is 0 Å². The zero-order valence-corrected chi connectivity index (χ0v) is 19.2. The van der Waals surface area contributed by atoms with Crippen LogP contribution in [0.2, 0.25) is 0 Å². The number of phenolic OH excluding ortho intramolecular Hbond substituents is 1. The number of benzene rings is 2. The van der Waals surface area contributed by atoms with E-state index in [0.717, 1.165) is 5.75 Å². The summed E-state index contributed by atoms with van der Waals surface area (Å²) in [5.74, 6) is 1.43. The van der Waals surface area contributed by atoms with Gasteiger partial charge >= 0.3 is 0 Å². The number of unbranched alkanes of at least 4 members (excludes halogenated alkanes) is 2. The Morgan fingerprint density at radius 1 is 1.03 bits per heavy atom. The van der Waals surface area contributed by atoms with Gasteiger partial charge in [-0.1, -0.05) is 51.7 Å². The lowest BCUT2D eigenvalue weighted by atomic mass is 9.86. The molecule has 3 rings (SSSR count). The Morgan fingerprint density at radius 3 is 2.28 bits per heavy atom. The molecule has 0 saturated heterocycles. The van der Waals surface area contributed by atoms with Crippen molar-refractivity contribution in [2.45, 2.75) is 68.8 Å². The normalized spacial score (nSPS) is 18.1. The predicted molar refractivity (Wildman–Crippen MR) is 126 cm³/mol. The van der Waals surface area contributed by atoms with E-state index in [1.54, 1.807) is 0 Å². The second-order valence-electron chi connectivity index (χ2n) is 8.56. The first kappa shape index (κ1) is 22.0. The third-order valence-electron chi connectivity index (χ3n) is 6.02. The Morgan fingerprint density at radius 2 is 1.69 bits per heavy atom. The van der Waals surface area contributed by atoms with Gasteiger partial charge in [0, 0.05) is 36.0 Å². The molecule has 1 aliphatic heterocycles. The number of nitrogens with zero attached hydrogens (tertiary/aromatic N) is 1. The second kappa shape index (κ2) is 9.90. The van der Waals surface area contributed by atoms with Gasteiger partial charge in [-0.15, -0.1) is 11.8 Å². The predicted octanol–water partition coefficient (Wildman–Crippen LogP) is 6.36. The first-order chi connectivity index (χ1) is 14.0. The third-order valence-corrected chi connectivity index (χ3v) is 7.40. The van der Waals surface area contributed by atoms with Crippen LogP contribution in [0.3, 0.4) is 0 Å². The van der Waals surface area contributed by atoms with Crippen LogP contribution >= 0.6 is 11.8 Å². The summed E-state index contributed by atoms with van der Waals surface area (Å²) in [6.45, 7) is 4.57. The first-order valence-corrected chi connectivity index (χ1v) is 12.0. The van der Waals surface area contributed by atoms with Crippen LogP contribution < -0.4 is 10.2 Å². The van der Waals surface area contributed by atoms with Gasteiger partial charge in [0.1, 0.15) is 5.75 Å². The van der Waals surface area contributed by atoms with E-state index < -0.39 is 0 Å². The van der Waals surface area contributed by atoms with E-state index in [4.69, 9.17) is 0 Å². The number of fused-ring (bicyclic) bond motifs is 1. The van der Waals surface area contributed by atoms with Crippen molar-refractivity contribution in [2.75, 3.05) is 24.7 Å². The summed E-state index contributed by atoms with van der Waals surface area (Å²) < 4.78 is 0. The molecule has 0 bridgehead atoms. The lowest BCUT2D eigenvalue weighted by Crippen LogP contribution is -2.48. The van der Waals surface area contributed by atoms with Crippen LogP contribution in [0.15, 0.2) is 47.4 Å². The number of phenols is 1. The van der Waals surface area contributed by atoms with E-state index in [0.29, 0.717) is 5.75 Å². The van der Waals surface area contributed by atoms with Crippen molar-refractivity contribution in [1.29, 1.82) is 0 Å². The lowest BCUT2D eigenvalue weighted by molar-refractivity contribution is 0.281. The van der Waals surface area contributed by atoms with Gasteiger partial charge in [0.2, 0.25) is 0 Å². The summed E-state index contributed by atoms with van der Waals surface area (Å²) in [5.41, 5.74) is 3.93. The minimum Gasteiger partial charge on any atom is -0.508 e. The zero-order valence-electron chi connectivity index (χ0n) is 18.4. The maximum Gasteiger partial charge on any atom is 0.115 e. The van der Waals surface area contributed by atoms with Gasteiger partial charge in [0.25, 0.3) is 0 Å². The van der Waals surface area contributed by atoms with Crippen LogP contribution in [-0.4, -0.2) is 30.5 Å². The molecule has 1 aliphatic rings. The molecule has 0 saturated carbocycles. The number of rotatable bonds is 8. The van der Waals surface area contributed by atoms with Crippen LogP contribution in [0, 0.1) is 0 Å². The summed E-state index contributed by atoms with van der Waals surface area (Å²) in [6, 6.07) is 14.7. The lowest BCUT2D eigenvalue weighted by Gasteiger charge is -2.37. The molecule has 0 spiro atoms. The van der Waals surface area contributed by atoms with Crippen molar-refractivity contribution in [3.63, 3.8) is 0 Å². The minimum absolute atomic E-state index is 0.134. The molecule has 0 aliphatic carbocycles. The largest absolute Gasteiger partial charge is 0.508 e. The van der Waals surface area contributed by atoms with Gasteiger partial charge in [0.15, 0.2) is 0 Å². The topological polar surface area (TPSA) is 35.5 Å². The van der Waals surface area contributed by atoms with Gasteiger partial charge < -0.3 is 10.0 Å². The Bertz CT molecular complexity index is 780. The number of thioether (sulfide) groups is 1. The molecule has 0 fully saturated rings. The standard InChI is InChI=1S/C25H36N2OS/c1-5-7-15-25(16-8-6-2)18-29-23-14-11-20(27(3)4)17-22(23)24(26-25)19-9-12-21(28)13-10-19/h9-14,17,24,26,28H,5-8,15-16,18H2,1-4H3. The van der Waals surface area contributed by atoms with E-state index in [-0.39, 0.29) is 11.6 Å². The van der Waals surface area contributed by atoms with E-state index >= 15 is 0 Å². The smallest absolute Gasteiger partial charge is 0.115 e. The Hall–Kier alpha value is -1.65. The van der Waals surface area contributed by atoms with Crippen LogP contribution in [0.25, 0.3) is 0 Å². The van der Waals surface area contributed by atoms with Crippen molar-refractivity contribution in [1.82, 2.24) is 5.32 Å². The highest BCUT2D eigenvalue weighted by Crippen LogP contribution is 2.42. The summed E-state index contributed by atoms with van der Waals surface area (Å²) in [6.07, 6.45) is 7.36. The molecule has 0 aromatic heterocycles. The van der Waals surface area contributed by atoms with Crippen LogP contribution in [0.1, 0.15) is 69.5 Å². The quantitative estimate of drug-likeness (QED) is 0.529.